The van der Waals surface area contributed by atoms with E-state index in [2.05, 4.69) is 15.9 Å². The van der Waals surface area contributed by atoms with Crippen molar-refractivity contribution < 1.29 is 22.7 Å². The van der Waals surface area contributed by atoms with Gasteiger partial charge in [-0.2, -0.15) is 15.1 Å². The van der Waals surface area contributed by atoms with E-state index in [1.54, 1.807) is 29.9 Å². The van der Waals surface area contributed by atoms with Crippen molar-refractivity contribution in [2.24, 2.45) is 7.05 Å². The fourth-order valence-electron chi connectivity index (χ4n) is 2.87. The SMILES string of the molecule is Cn1cc(S(=O)(=O)NCC(=O)OCC(=O)c2cn(CCC#N)c3ccccc23)cn1. The Bertz CT molecular complexity index is 1240. The molecule has 2 aromatic heterocycles. The lowest BCUT2D eigenvalue weighted by Gasteiger charge is -2.05. The van der Waals surface area contributed by atoms with E-state index in [0.717, 1.165) is 11.7 Å². The topological polar surface area (TPSA) is 136 Å². The maximum atomic E-state index is 12.6. The van der Waals surface area contributed by atoms with Crippen LogP contribution >= 0.6 is 0 Å². The summed E-state index contributed by atoms with van der Waals surface area (Å²) >= 11 is 0. The average molecular weight is 429 g/mol. The minimum absolute atomic E-state index is 0.0842. The Balaban J connectivity index is 1.62. The van der Waals surface area contributed by atoms with Crippen LogP contribution in [0.5, 0.6) is 0 Å². The summed E-state index contributed by atoms with van der Waals surface area (Å²) < 4.78 is 34.3. The molecule has 0 atom stereocenters. The Labute approximate surface area is 172 Å². The van der Waals surface area contributed by atoms with Crippen LogP contribution in [0.1, 0.15) is 16.8 Å². The highest BCUT2D eigenvalue weighted by molar-refractivity contribution is 7.89. The molecule has 30 heavy (non-hydrogen) atoms. The number of carbonyl (C=O) groups excluding carboxylic acids is 2. The second kappa shape index (κ2) is 8.89. The van der Waals surface area contributed by atoms with Crippen molar-refractivity contribution >= 4 is 32.7 Å². The van der Waals surface area contributed by atoms with Crippen LogP contribution < -0.4 is 4.72 Å². The largest absolute Gasteiger partial charge is 0.456 e. The first kappa shape index (κ1) is 21.2. The van der Waals surface area contributed by atoms with Crippen LogP contribution in [0.15, 0.2) is 47.8 Å². The molecular weight excluding hydrogens is 410 g/mol. The number of fused-ring (bicyclic) bond motifs is 1. The smallest absolute Gasteiger partial charge is 0.321 e. The summed E-state index contributed by atoms with van der Waals surface area (Å²) in [7, 11) is -2.34. The number of rotatable bonds is 9. The zero-order chi connectivity index (χ0) is 21.7. The van der Waals surface area contributed by atoms with Crippen molar-refractivity contribution in [3.63, 3.8) is 0 Å². The van der Waals surface area contributed by atoms with E-state index in [1.165, 1.54) is 10.9 Å². The summed E-state index contributed by atoms with van der Waals surface area (Å²) in [6.07, 6.45) is 4.36. The van der Waals surface area contributed by atoms with Crippen LogP contribution in [-0.2, 0) is 33.1 Å². The quantitative estimate of drug-likeness (QED) is 0.396. The lowest BCUT2D eigenvalue weighted by Crippen LogP contribution is -2.31. The van der Waals surface area contributed by atoms with E-state index < -0.39 is 34.9 Å². The van der Waals surface area contributed by atoms with E-state index >= 15 is 0 Å². The van der Waals surface area contributed by atoms with Gasteiger partial charge in [0.15, 0.2) is 6.61 Å². The second-order valence-corrected chi connectivity index (χ2v) is 8.19. The molecule has 0 bridgehead atoms. The average Bonchev–Trinajstić information content (AvgIpc) is 3.33. The number of para-hydroxylation sites is 1. The first-order valence-electron chi connectivity index (χ1n) is 8.94. The Morgan fingerprint density at radius 3 is 2.73 bits per heavy atom. The summed E-state index contributed by atoms with van der Waals surface area (Å²) in [5, 5.41) is 13.3. The molecule has 0 unspecified atom stereocenters. The van der Waals surface area contributed by atoms with E-state index in [9.17, 15) is 18.0 Å². The molecule has 1 aromatic carbocycles. The van der Waals surface area contributed by atoms with Crippen molar-refractivity contribution in [1.29, 1.82) is 5.26 Å². The van der Waals surface area contributed by atoms with Gasteiger partial charge < -0.3 is 9.30 Å². The Morgan fingerprint density at radius 1 is 1.27 bits per heavy atom. The minimum Gasteiger partial charge on any atom is -0.456 e. The molecule has 0 spiro atoms. The number of Topliss-reactive ketones (excluding diaryl/α,β-unsaturated/α-hetero) is 1. The van der Waals surface area contributed by atoms with Crippen LogP contribution in [0.4, 0.5) is 0 Å². The molecule has 0 aliphatic rings. The molecule has 156 valence electrons. The number of esters is 1. The van der Waals surface area contributed by atoms with Gasteiger partial charge >= 0.3 is 5.97 Å². The number of sulfonamides is 1. The fraction of sp³-hybridized carbons (Fsp3) is 0.263. The van der Waals surface area contributed by atoms with Crippen LogP contribution in [0.25, 0.3) is 10.9 Å². The number of ether oxygens (including phenoxy) is 1. The van der Waals surface area contributed by atoms with Gasteiger partial charge in [-0.15, -0.1) is 0 Å². The predicted molar refractivity (Wildman–Crippen MR) is 106 cm³/mol. The van der Waals surface area contributed by atoms with Gasteiger partial charge in [0.1, 0.15) is 11.4 Å². The molecule has 11 heteroatoms. The van der Waals surface area contributed by atoms with Gasteiger partial charge in [0.25, 0.3) is 0 Å². The Morgan fingerprint density at radius 2 is 2.03 bits per heavy atom. The van der Waals surface area contributed by atoms with Crippen LogP contribution in [-0.4, -0.2) is 47.7 Å². The fourth-order valence-corrected chi connectivity index (χ4v) is 3.83. The van der Waals surface area contributed by atoms with Gasteiger partial charge in [-0.1, -0.05) is 18.2 Å². The summed E-state index contributed by atoms with van der Waals surface area (Å²) in [5.74, 6) is -1.31. The first-order valence-corrected chi connectivity index (χ1v) is 10.4. The molecule has 0 fully saturated rings. The Hall–Kier alpha value is -3.49. The molecule has 1 N–H and O–H groups in total. The summed E-state index contributed by atoms with van der Waals surface area (Å²) in [5.41, 5.74) is 1.17. The van der Waals surface area contributed by atoms with Crippen molar-refractivity contribution in [1.82, 2.24) is 19.1 Å². The lowest BCUT2D eigenvalue weighted by molar-refractivity contribution is -0.141. The van der Waals surface area contributed by atoms with Gasteiger partial charge in [0.05, 0.1) is 18.7 Å². The number of benzene rings is 1. The number of aromatic nitrogens is 3. The third-order valence-corrected chi connectivity index (χ3v) is 5.67. The number of nitrogens with zero attached hydrogens (tertiary/aromatic N) is 4. The van der Waals surface area contributed by atoms with E-state index in [-0.39, 0.29) is 4.90 Å². The van der Waals surface area contributed by atoms with Gasteiger partial charge in [-0.05, 0) is 6.07 Å². The molecule has 3 aromatic rings. The first-order chi connectivity index (χ1) is 14.3. The molecule has 10 nitrogen and oxygen atoms in total. The van der Waals surface area contributed by atoms with Crippen molar-refractivity contribution in [2.75, 3.05) is 13.2 Å². The molecular formula is C19H19N5O5S. The van der Waals surface area contributed by atoms with Crippen LogP contribution in [0.3, 0.4) is 0 Å². The number of ketones is 1. The summed E-state index contributed by atoms with van der Waals surface area (Å²) in [6, 6.07) is 9.28. The third-order valence-electron chi connectivity index (χ3n) is 4.32. The lowest BCUT2D eigenvalue weighted by atomic mass is 10.1. The number of aryl methyl sites for hydroxylation is 2. The summed E-state index contributed by atoms with van der Waals surface area (Å²) in [6.45, 7) is -0.714. The van der Waals surface area contributed by atoms with Crippen molar-refractivity contribution in [3.05, 3.63) is 48.4 Å². The molecule has 0 saturated carbocycles. The standard InChI is InChI=1S/C19H19N5O5S/c1-23-11-14(9-21-23)30(27,28)22-10-19(26)29-13-18(25)16-12-24(8-4-7-20)17-6-3-2-5-15(16)17/h2-3,5-6,9,11-12,22H,4,8,10,13H2,1H3. The molecule has 2 heterocycles. The zero-order valence-corrected chi connectivity index (χ0v) is 16.9. The molecule has 0 aliphatic carbocycles. The normalized spacial score (nSPS) is 11.3. The molecule has 0 amide bonds. The molecule has 0 saturated heterocycles. The van der Waals surface area contributed by atoms with Gasteiger partial charge in [-0.3, -0.25) is 14.3 Å². The van der Waals surface area contributed by atoms with Gasteiger partial charge in [0, 0.05) is 42.5 Å². The maximum absolute atomic E-state index is 12.6. The number of hydrogen-bond acceptors (Lipinski definition) is 7. The van der Waals surface area contributed by atoms with Crippen LogP contribution in [0, 0.1) is 11.3 Å². The molecule has 3 rings (SSSR count). The highest BCUT2D eigenvalue weighted by Crippen LogP contribution is 2.22. The Kier molecular flexibility index (Phi) is 6.29. The zero-order valence-electron chi connectivity index (χ0n) is 16.1. The summed E-state index contributed by atoms with van der Waals surface area (Å²) in [4.78, 5) is 24.4. The number of carbonyl (C=O) groups is 2. The monoisotopic (exact) mass is 429 g/mol. The van der Waals surface area contributed by atoms with Crippen LogP contribution in [0.2, 0.25) is 0 Å². The highest BCUT2D eigenvalue weighted by atomic mass is 32.2. The van der Waals surface area contributed by atoms with E-state index in [4.69, 9.17) is 10.00 Å². The van der Waals surface area contributed by atoms with Crippen molar-refractivity contribution in [2.45, 2.75) is 17.9 Å². The van der Waals surface area contributed by atoms with E-state index in [0.29, 0.717) is 23.9 Å². The third kappa shape index (κ3) is 4.73. The highest BCUT2D eigenvalue weighted by Gasteiger charge is 2.20. The number of nitrogens with one attached hydrogen (secondary N) is 1. The minimum atomic E-state index is -3.91. The van der Waals surface area contributed by atoms with Gasteiger partial charge in [0.2, 0.25) is 15.8 Å². The van der Waals surface area contributed by atoms with Crippen molar-refractivity contribution in [3.8, 4) is 6.07 Å². The molecule has 0 radical (unpaired) electrons. The van der Waals surface area contributed by atoms with Gasteiger partial charge in [-0.25, -0.2) is 8.42 Å². The molecule has 0 aliphatic heterocycles. The second-order valence-electron chi connectivity index (χ2n) is 6.42. The number of hydrogen-bond donors (Lipinski definition) is 1. The maximum Gasteiger partial charge on any atom is 0.321 e. The predicted octanol–water partition coefficient (Wildman–Crippen LogP) is 0.993. The number of nitriles is 1. The van der Waals surface area contributed by atoms with E-state index in [1.807, 2.05) is 12.1 Å².